The van der Waals surface area contributed by atoms with Crippen molar-refractivity contribution in [1.29, 1.82) is 0 Å². The minimum absolute atomic E-state index is 0.0521. The van der Waals surface area contributed by atoms with Crippen LogP contribution >= 0.6 is 10.7 Å². The van der Waals surface area contributed by atoms with Crippen LogP contribution in [0.4, 0.5) is 0 Å². The summed E-state index contributed by atoms with van der Waals surface area (Å²) in [7, 11) is 1.56. The molecule has 0 aromatic heterocycles. The van der Waals surface area contributed by atoms with Crippen LogP contribution in [0.1, 0.15) is 44.2 Å². The molecule has 1 atom stereocenters. The van der Waals surface area contributed by atoms with Gasteiger partial charge in [-0.3, -0.25) is 4.79 Å². The average molecular weight is 316 g/mol. The molecule has 6 heteroatoms. The number of nitrogens with one attached hydrogen (secondary N) is 1. The molecule has 0 aliphatic heterocycles. The largest absolute Gasteiger partial charge is 0.350 e. The van der Waals surface area contributed by atoms with Gasteiger partial charge in [-0.1, -0.05) is 18.6 Å². The molecule has 1 N–H and O–H groups in total. The highest BCUT2D eigenvalue weighted by Crippen LogP contribution is 2.29. The molecule has 1 aliphatic carbocycles. The first kappa shape index (κ1) is 15.3. The molecule has 1 saturated carbocycles. The van der Waals surface area contributed by atoms with E-state index in [0.717, 1.165) is 18.4 Å². The Bertz CT molecular complexity index is 579. The first-order chi connectivity index (χ1) is 9.36. The van der Waals surface area contributed by atoms with E-state index in [4.69, 9.17) is 10.7 Å². The average Bonchev–Trinajstić information content (AvgIpc) is 2.33. The molecule has 0 bridgehead atoms. The van der Waals surface area contributed by atoms with Crippen LogP contribution in [0, 0.1) is 5.92 Å². The molecule has 0 radical (unpaired) electrons. The predicted molar refractivity (Wildman–Crippen MR) is 78.0 cm³/mol. The van der Waals surface area contributed by atoms with Crippen molar-refractivity contribution in [2.45, 2.75) is 43.5 Å². The van der Waals surface area contributed by atoms with E-state index in [9.17, 15) is 13.2 Å². The van der Waals surface area contributed by atoms with Crippen molar-refractivity contribution in [2.24, 2.45) is 5.92 Å². The summed E-state index contributed by atoms with van der Waals surface area (Å²) in [5.41, 5.74) is 0.857. The molecular weight excluding hydrogens is 298 g/mol. The maximum atomic E-state index is 11.8. The third kappa shape index (κ3) is 3.96. The van der Waals surface area contributed by atoms with Crippen LogP contribution in [0.25, 0.3) is 0 Å². The summed E-state index contributed by atoms with van der Waals surface area (Å²) in [6, 6.07) is 6.10. The second kappa shape index (κ2) is 6.14. The van der Waals surface area contributed by atoms with E-state index in [1.54, 1.807) is 12.1 Å². The molecule has 1 aromatic carbocycles. The molecule has 4 nitrogen and oxygen atoms in total. The third-order valence-electron chi connectivity index (χ3n) is 3.74. The quantitative estimate of drug-likeness (QED) is 0.850. The number of halogens is 1. The van der Waals surface area contributed by atoms with Crippen LogP contribution in [0.3, 0.4) is 0 Å². The van der Waals surface area contributed by atoms with Gasteiger partial charge in [-0.2, -0.15) is 0 Å². The highest BCUT2D eigenvalue weighted by atomic mass is 35.7. The van der Waals surface area contributed by atoms with Crippen LogP contribution in [0.5, 0.6) is 0 Å². The molecule has 1 aromatic rings. The second-order valence-electron chi connectivity index (χ2n) is 5.30. The van der Waals surface area contributed by atoms with E-state index in [1.165, 1.54) is 18.6 Å². The number of hydrogen-bond acceptors (Lipinski definition) is 3. The molecule has 1 aliphatic rings. The molecular formula is C14H18ClNO3S. The molecule has 110 valence electrons. The van der Waals surface area contributed by atoms with Crippen LogP contribution in [-0.2, 0) is 13.8 Å². The van der Waals surface area contributed by atoms with Crippen LogP contribution in [-0.4, -0.2) is 14.3 Å². The van der Waals surface area contributed by atoms with Gasteiger partial charge in [0.2, 0.25) is 5.91 Å². The molecule has 0 saturated heterocycles. The molecule has 0 heterocycles. The van der Waals surface area contributed by atoms with Gasteiger partial charge in [-0.15, -0.1) is 0 Å². The van der Waals surface area contributed by atoms with Gasteiger partial charge in [0, 0.05) is 17.1 Å². The van der Waals surface area contributed by atoms with Crippen LogP contribution in [0.2, 0.25) is 0 Å². The Kier molecular flexibility index (Phi) is 4.70. The van der Waals surface area contributed by atoms with Gasteiger partial charge >= 0.3 is 0 Å². The van der Waals surface area contributed by atoms with E-state index in [1.807, 2.05) is 6.92 Å². The predicted octanol–water partition coefficient (Wildman–Crippen LogP) is 2.98. The highest BCUT2D eigenvalue weighted by Gasteiger charge is 2.21. The maximum absolute atomic E-state index is 11.8. The summed E-state index contributed by atoms with van der Waals surface area (Å²) in [5.74, 6) is 0.585. The van der Waals surface area contributed by atoms with E-state index in [0.29, 0.717) is 12.3 Å². The van der Waals surface area contributed by atoms with Gasteiger partial charge < -0.3 is 5.32 Å². The minimum atomic E-state index is -3.70. The van der Waals surface area contributed by atoms with Crippen LogP contribution < -0.4 is 5.32 Å². The Hall–Kier alpha value is -1.07. The first-order valence-electron chi connectivity index (χ1n) is 6.70. The Morgan fingerprint density at radius 1 is 1.35 bits per heavy atom. The molecule has 1 fully saturated rings. The Morgan fingerprint density at radius 2 is 1.95 bits per heavy atom. The van der Waals surface area contributed by atoms with Crippen molar-refractivity contribution < 1.29 is 13.2 Å². The molecule has 20 heavy (non-hydrogen) atoms. The normalized spacial score (nSPS) is 17.3. The van der Waals surface area contributed by atoms with Crippen molar-refractivity contribution in [3.05, 3.63) is 29.8 Å². The third-order valence-corrected chi connectivity index (χ3v) is 5.11. The zero-order valence-corrected chi connectivity index (χ0v) is 12.9. The smallest absolute Gasteiger partial charge is 0.261 e. The van der Waals surface area contributed by atoms with Crippen molar-refractivity contribution in [3.8, 4) is 0 Å². The zero-order valence-electron chi connectivity index (χ0n) is 11.3. The van der Waals surface area contributed by atoms with Crippen molar-refractivity contribution in [1.82, 2.24) is 5.32 Å². The van der Waals surface area contributed by atoms with Gasteiger partial charge in [0.05, 0.1) is 10.9 Å². The number of benzene rings is 1. The molecule has 0 spiro atoms. The fourth-order valence-corrected chi connectivity index (χ4v) is 3.03. The molecule has 1 unspecified atom stereocenters. The lowest BCUT2D eigenvalue weighted by atomic mass is 9.83. The highest BCUT2D eigenvalue weighted by molar-refractivity contribution is 8.13. The number of rotatable bonds is 5. The Morgan fingerprint density at radius 3 is 2.40 bits per heavy atom. The van der Waals surface area contributed by atoms with E-state index in [-0.39, 0.29) is 16.8 Å². The van der Waals surface area contributed by atoms with E-state index in [2.05, 4.69) is 5.32 Å². The topological polar surface area (TPSA) is 63.2 Å². The monoisotopic (exact) mass is 315 g/mol. The fraction of sp³-hybridized carbons (Fsp3) is 0.500. The summed E-state index contributed by atoms with van der Waals surface area (Å²) in [5, 5.41) is 2.93. The second-order valence-corrected chi connectivity index (χ2v) is 7.86. The van der Waals surface area contributed by atoms with Gasteiger partial charge in [-0.25, -0.2) is 8.42 Å². The summed E-state index contributed by atoms with van der Waals surface area (Å²) >= 11 is 0. The number of amides is 1. The Labute approximate surface area is 123 Å². The SMILES string of the molecule is CC(NC(=O)CC1CCC1)c1ccc(S(=O)(=O)Cl)cc1. The van der Waals surface area contributed by atoms with E-state index < -0.39 is 9.05 Å². The number of hydrogen-bond donors (Lipinski definition) is 1. The van der Waals surface area contributed by atoms with Crippen molar-refractivity contribution in [2.75, 3.05) is 0 Å². The van der Waals surface area contributed by atoms with Crippen LogP contribution in [0.15, 0.2) is 29.2 Å². The van der Waals surface area contributed by atoms with E-state index >= 15 is 0 Å². The molecule has 2 rings (SSSR count). The van der Waals surface area contributed by atoms with Crippen molar-refractivity contribution >= 4 is 25.6 Å². The lowest BCUT2D eigenvalue weighted by molar-refractivity contribution is -0.123. The number of carbonyl (C=O) groups is 1. The van der Waals surface area contributed by atoms with Gasteiger partial charge in [0.15, 0.2) is 0 Å². The minimum Gasteiger partial charge on any atom is -0.350 e. The van der Waals surface area contributed by atoms with Gasteiger partial charge in [0.1, 0.15) is 0 Å². The lowest BCUT2D eigenvalue weighted by Gasteiger charge is -2.25. The summed E-state index contributed by atoms with van der Waals surface area (Å²) in [4.78, 5) is 11.9. The lowest BCUT2D eigenvalue weighted by Crippen LogP contribution is -2.29. The first-order valence-corrected chi connectivity index (χ1v) is 9.01. The van der Waals surface area contributed by atoms with Gasteiger partial charge in [-0.05, 0) is 43.4 Å². The number of carbonyl (C=O) groups excluding carboxylic acids is 1. The fourth-order valence-electron chi connectivity index (χ4n) is 2.26. The van der Waals surface area contributed by atoms with Gasteiger partial charge in [0.25, 0.3) is 9.05 Å². The zero-order chi connectivity index (χ0) is 14.8. The summed E-state index contributed by atoms with van der Waals surface area (Å²) in [6.45, 7) is 1.88. The Balaban J connectivity index is 1.94. The summed E-state index contributed by atoms with van der Waals surface area (Å²) in [6.07, 6.45) is 4.09. The standard InChI is InChI=1S/C14H18ClNO3S/c1-10(16-14(17)9-11-3-2-4-11)12-5-7-13(8-6-12)20(15,18)19/h5-8,10-11H,2-4,9H2,1H3,(H,16,17). The maximum Gasteiger partial charge on any atom is 0.261 e. The van der Waals surface area contributed by atoms with Crippen molar-refractivity contribution in [3.63, 3.8) is 0 Å². The summed E-state index contributed by atoms with van der Waals surface area (Å²) < 4.78 is 22.3. The molecule has 1 amide bonds.